The number of nitrogens with zero attached hydrogens (tertiary/aromatic N) is 2. The molecule has 0 saturated heterocycles. The van der Waals surface area contributed by atoms with E-state index in [1.807, 2.05) is 12.1 Å². The van der Waals surface area contributed by atoms with Crippen LogP contribution in [0.5, 0.6) is 5.75 Å². The average molecular weight is 381 g/mol. The van der Waals surface area contributed by atoms with Crippen molar-refractivity contribution in [2.24, 2.45) is 0 Å². The Balaban J connectivity index is 1.52. The van der Waals surface area contributed by atoms with Gasteiger partial charge < -0.3 is 9.26 Å². The summed E-state index contributed by atoms with van der Waals surface area (Å²) in [5.41, 5.74) is 0.657. The first-order valence-corrected chi connectivity index (χ1v) is 9.29. The van der Waals surface area contributed by atoms with Crippen molar-refractivity contribution >= 4 is 22.4 Å². The molecule has 0 N–H and O–H groups in total. The second kappa shape index (κ2) is 8.22. The zero-order valence-electron chi connectivity index (χ0n) is 13.0. The standard InChI is InChI=1S/C17H14ClFN2O3S/c18-15-4-2-1-3-14(15)17-20-16(24-21-17)11-25(22)10-9-23-13-7-5-12(19)6-8-13/h1-8H,9-11H2/t25-/m0/s1. The van der Waals surface area contributed by atoms with E-state index in [0.29, 0.717) is 27.9 Å². The summed E-state index contributed by atoms with van der Waals surface area (Å²) in [6, 6.07) is 12.8. The van der Waals surface area contributed by atoms with Crippen molar-refractivity contribution in [2.45, 2.75) is 5.75 Å². The molecule has 0 spiro atoms. The summed E-state index contributed by atoms with van der Waals surface area (Å²) in [6.45, 7) is 0.240. The van der Waals surface area contributed by atoms with Crippen LogP contribution in [0.25, 0.3) is 11.4 Å². The van der Waals surface area contributed by atoms with Gasteiger partial charge in [0.25, 0.3) is 0 Å². The fraction of sp³-hybridized carbons (Fsp3) is 0.176. The average Bonchev–Trinajstić information content (AvgIpc) is 3.05. The highest BCUT2D eigenvalue weighted by molar-refractivity contribution is 7.84. The Morgan fingerprint density at radius 3 is 2.68 bits per heavy atom. The highest BCUT2D eigenvalue weighted by Crippen LogP contribution is 2.25. The number of aromatic nitrogens is 2. The lowest BCUT2D eigenvalue weighted by Crippen LogP contribution is -2.10. The molecule has 0 aliphatic rings. The molecule has 2 aromatic carbocycles. The van der Waals surface area contributed by atoms with E-state index >= 15 is 0 Å². The van der Waals surface area contributed by atoms with Gasteiger partial charge in [-0.2, -0.15) is 4.98 Å². The number of hydrogen-bond acceptors (Lipinski definition) is 5. The van der Waals surface area contributed by atoms with E-state index in [0.717, 1.165) is 0 Å². The molecule has 130 valence electrons. The minimum absolute atomic E-state index is 0.129. The molecule has 0 unspecified atom stereocenters. The summed E-state index contributed by atoms with van der Waals surface area (Å²) in [6.07, 6.45) is 0. The molecular formula is C17H14ClFN2O3S. The Bertz CT molecular complexity index is 870. The van der Waals surface area contributed by atoms with Crippen molar-refractivity contribution in [3.05, 3.63) is 65.3 Å². The Morgan fingerprint density at radius 1 is 1.16 bits per heavy atom. The summed E-state index contributed by atoms with van der Waals surface area (Å²) in [7, 11) is -1.23. The first kappa shape index (κ1) is 17.6. The number of halogens is 2. The lowest BCUT2D eigenvalue weighted by molar-refractivity contribution is 0.341. The zero-order chi connectivity index (χ0) is 17.6. The van der Waals surface area contributed by atoms with Gasteiger partial charge in [0, 0.05) is 16.4 Å². The quantitative estimate of drug-likeness (QED) is 0.622. The van der Waals surface area contributed by atoms with Crippen molar-refractivity contribution in [1.29, 1.82) is 0 Å². The largest absolute Gasteiger partial charge is 0.493 e. The van der Waals surface area contributed by atoms with Crippen LogP contribution in [0.2, 0.25) is 5.02 Å². The van der Waals surface area contributed by atoms with Gasteiger partial charge in [-0.3, -0.25) is 4.21 Å². The molecule has 25 heavy (non-hydrogen) atoms. The van der Waals surface area contributed by atoms with Crippen LogP contribution in [0, 0.1) is 5.82 Å². The van der Waals surface area contributed by atoms with Crippen molar-refractivity contribution in [3.8, 4) is 17.1 Å². The van der Waals surface area contributed by atoms with Crippen molar-refractivity contribution < 1.29 is 17.9 Å². The van der Waals surface area contributed by atoms with Crippen LogP contribution in [0.3, 0.4) is 0 Å². The minimum atomic E-state index is -1.23. The second-order valence-electron chi connectivity index (χ2n) is 5.08. The monoisotopic (exact) mass is 380 g/mol. The molecule has 3 rings (SSSR count). The Hall–Kier alpha value is -2.25. The third-order valence-corrected chi connectivity index (χ3v) is 4.78. The summed E-state index contributed by atoms with van der Waals surface area (Å²) < 4.78 is 35.4. The third kappa shape index (κ3) is 4.87. The van der Waals surface area contributed by atoms with Gasteiger partial charge in [0.1, 0.15) is 17.3 Å². The second-order valence-corrected chi connectivity index (χ2v) is 7.07. The number of rotatable bonds is 7. The van der Waals surface area contributed by atoms with Gasteiger partial charge in [-0.15, -0.1) is 0 Å². The normalized spacial score (nSPS) is 12.1. The van der Waals surface area contributed by atoms with Crippen molar-refractivity contribution in [3.63, 3.8) is 0 Å². The summed E-state index contributed by atoms with van der Waals surface area (Å²) in [4.78, 5) is 4.22. The number of ether oxygens (including phenoxy) is 1. The fourth-order valence-corrected chi connectivity index (χ4v) is 3.09. The molecule has 0 aliphatic heterocycles. The molecule has 0 aliphatic carbocycles. The molecule has 0 bridgehead atoms. The number of hydrogen-bond donors (Lipinski definition) is 0. The predicted molar refractivity (Wildman–Crippen MR) is 93.4 cm³/mol. The fourth-order valence-electron chi connectivity index (χ4n) is 2.06. The van der Waals surface area contributed by atoms with Crippen LogP contribution in [0.1, 0.15) is 5.89 Å². The maximum Gasteiger partial charge on any atom is 0.239 e. The Labute approximate surface area is 151 Å². The summed E-state index contributed by atoms with van der Waals surface area (Å²) in [5.74, 6) is 1.25. The smallest absolute Gasteiger partial charge is 0.239 e. The molecule has 1 atom stereocenters. The van der Waals surface area contributed by atoms with Gasteiger partial charge >= 0.3 is 0 Å². The summed E-state index contributed by atoms with van der Waals surface area (Å²) in [5, 5.41) is 4.38. The van der Waals surface area contributed by atoms with Crippen LogP contribution in [-0.4, -0.2) is 26.7 Å². The van der Waals surface area contributed by atoms with Gasteiger partial charge in [0.05, 0.1) is 17.4 Å². The molecule has 1 aromatic heterocycles. The molecule has 8 heteroatoms. The lowest BCUT2D eigenvalue weighted by atomic mass is 10.2. The maximum absolute atomic E-state index is 12.8. The summed E-state index contributed by atoms with van der Waals surface area (Å²) >= 11 is 6.09. The topological polar surface area (TPSA) is 65.2 Å². The predicted octanol–water partition coefficient (Wildman–Crippen LogP) is 3.86. The molecule has 0 amide bonds. The first-order chi connectivity index (χ1) is 12.1. The molecule has 1 heterocycles. The van der Waals surface area contributed by atoms with Crippen LogP contribution in [0.15, 0.2) is 53.1 Å². The van der Waals surface area contributed by atoms with Crippen molar-refractivity contribution in [1.82, 2.24) is 10.1 Å². The van der Waals surface area contributed by atoms with Gasteiger partial charge in [0.2, 0.25) is 11.7 Å². The van der Waals surface area contributed by atoms with Gasteiger partial charge in [-0.05, 0) is 36.4 Å². The molecule has 0 saturated carbocycles. The van der Waals surface area contributed by atoms with Crippen LogP contribution < -0.4 is 4.74 Å². The molecule has 5 nitrogen and oxygen atoms in total. The van der Waals surface area contributed by atoms with Gasteiger partial charge in [0.15, 0.2) is 0 Å². The lowest BCUT2D eigenvalue weighted by Gasteiger charge is -2.05. The molecule has 0 radical (unpaired) electrons. The van der Waals surface area contributed by atoms with E-state index in [9.17, 15) is 8.60 Å². The highest BCUT2D eigenvalue weighted by atomic mass is 35.5. The van der Waals surface area contributed by atoms with Gasteiger partial charge in [-0.25, -0.2) is 4.39 Å². The molecular weight excluding hydrogens is 367 g/mol. The van der Waals surface area contributed by atoms with Crippen molar-refractivity contribution in [2.75, 3.05) is 12.4 Å². The highest BCUT2D eigenvalue weighted by Gasteiger charge is 2.13. The Kier molecular flexibility index (Phi) is 5.78. The number of benzene rings is 2. The van der Waals surface area contributed by atoms with Crippen LogP contribution >= 0.6 is 11.6 Å². The Morgan fingerprint density at radius 2 is 1.92 bits per heavy atom. The zero-order valence-corrected chi connectivity index (χ0v) is 14.6. The van der Waals surface area contributed by atoms with Crippen LogP contribution in [-0.2, 0) is 16.6 Å². The van der Waals surface area contributed by atoms with Gasteiger partial charge in [-0.1, -0.05) is 28.9 Å². The molecule has 3 aromatic rings. The minimum Gasteiger partial charge on any atom is -0.493 e. The van der Waals surface area contributed by atoms with E-state index in [1.54, 1.807) is 12.1 Å². The molecule has 0 fully saturated rings. The van der Waals surface area contributed by atoms with Crippen LogP contribution in [0.4, 0.5) is 4.39 Å². The first-order valence-electron chi connectivity index (χ1n) is 7.42. The van der Waals surface area contributed by atoms with E-state index in [1.165, 1.54) is 24.3 Å². The third-order valence-electron chi connectivity index (χ3n) is 3.26. The maximum atomic E-state index is 12.8. The van der Waals surface area contributed by atoms with E-state index < -0.39 is 10.8 Å². The van der Waals surface area contributed by atoms with E-state index in [2.05, 4.69) is 10.1 Å². The SMILES string of the molecule is O=[S@@](CCOc1ccc(F)cc1)Cc1nc(-c2ccccc2Cl)no1. The van der Waals surface area contributed by atoms with E-state index in [4.69, 9.17) is 20.9 Å². The van der Waals surface area contributed by atoms with E-state index in [-0.39, 0.29) is 24.1 Å².